The number of rotatable bonds is 5. The Bertz CT molecular complexity index is 329. The van der Waals surface area contributed by atoms with E-state index in [0.29, 0.717) is 0 Å². The maximum atomic E-state index is 10.7. The van der Waals surface area contributed by atoms with E-state index in [2.05, 4.69) is 39.2 Å². The molecule has 0 aromatic rings. The van der Waals surface area contributed by atoms with Crippen molar-refractivity contribution in [2.24, 2.45) is 5.73 Å². The van der Waals surface area contributed by atoms with Gasteiger partial charge < -0.3 is 20.6 Å². The molecule has 0 saturated carbocycles. The normalized spacial score (nSPS) is 15.9. The van der Waals surface area contributed by atoms with Gasteiger partial charge in [-0.25, -0.2) is 4.79 Å². The number of nitrogens with one attached hydrogen (secondary N) is 1. The number of nitrogens with two attached hydrogens (primary N) is 1. The molecule has 0 aliphatic rings. The molecule has 0 saturated heterocycles. The van der Waals surface area contributed by atoms with Crippen molar-refractivity contribution in [2.75, 3.05) is 0 Å². The van der Waals surface area contributed by atoms with Crippen LogP contribution in [0.15, 0.2) is 0 Å². The second kappa shape index (κ2) is 5.99. The van der Waals surface area contributed by atoms with Crippen LogP contribution in [0, 0.1) is 0 Å². The molecule has 106 valence electrons. The SMILES string of the molecule is CC(NC(=O)O)C(O[Si](C)(C)C(C)(C)C)C(N)=S. The summed E-state index contributed by atoms with van der Waals surface area (Å²) in [4.78, 5) is 10.8. The Morgan fingerprint density at radius 3 is 2.17 bits per heavy atom. The Balaban J connectivity index is 4.95. The van der Waals surface area contributed by atoms with Crippen molar-refractivity contribution in [2.45, 2.75) is 58.0 Å². The molecule has 1 amide bonds. The standard InChI is InChI=1S/C11H24N2O3SSi/c1-7(13-10(14)15)8(9(12)17)16-18(5,6)11(2,3)4/h7-8,13H,1-6H3,(H2,12,17)(H,14,15). The quantitative estimate of drug-likeness (QED) is 0.535. The summed E-state index contributed by atoms with van der Waals surface area (Å²) in [6, 6.07) is -0.464. The minimum atomic E-state index is -2.05. The van der Waals surface area contributed by atoms with Crippen LogP contribution in [-0.2, 0) is 4.43 Å². The lowest BCUT2D eigenvalue weighted by Gasteiger charge is -2.40. The van der Waals surface area contributed by atoms with Gasteiger partial charge in [0, 0.05) is 0 Å². The summed E-state index contributed by atoms with van der Waals surface area (Å²) in [5.74, 6) is 0. The van der Waals surface area contributed by atoms with Gasteiger partial charge in [0.05, 0.1) is 6.04 Å². The topological polar surface area (TPSA) is 84.6 Å². The van der Waals surface area contributed by atoms with Crippen molar-refractivity contribution in [1.82, 2.24) is 5.32 Å². The summed E-state index contributed by atoms with van der Waals surface area (Å²) in [5.41, 5.74) is 5.66. The van der Waals surface area contributed by atoms with Crippen LogP contribution >= 0.6 is 12.2 Å². The molecule has 0 bridgehead atoms. The second-order valence-corrected chi connectivity index (χ2v) is 11.2. The zero-order valence-electron chi connectivity index (χ0n) is 11.9. The molecule has 7 heteroatoms. The largest absolute Gasteiger partial charge is 0.465 e. The van der Waals surface area contributed by atoms with Gasteiger partial charge in [-0.05, 0) is 25.1 Å². The van der Waals surface area contributed by atoms with Crippen molar-refractivity contribution in [3.8, 4) is 0 Å². The molecular weight excluding hydrogens is 268 g/mol. The van der Waals surface area contributed by atoms with Gasteiger partial charge in [-0.2, -0.15) is 0 Å². The predicted molar refractivity (Wildman–Crippen MR) is 79.5 cm³/mol. The zero-order valence-corrected chi connectivity index (χ0v) is 13.7. The van der Waals surface area contributed by atoms with E-state index in [9.17, 15) is 4.79 Å². The van der Waals surface area contributed by atoms with E-state index in [4.69, 9.17) is 27.5 Å². The van der Waals surface area contributed by atoms with Crippen LogP contribution in [-0.4, -0.2) is 36.7 Å². The molecule has 0 heterocycles. The van der Waals surface area contributed by atoms with Crippen molar-refractivity contribution in [3.05, 3.63) is 0 Å². The molecule has 2 atom stereocenters. The van der Waals surface area contributed by atoms with E-state index in [0.717, 1.165) is 0 Å². The Kier molecular flexibility index (Phi) is 5.77. The number of thiocarbonyl (C=S) groups is 1. The lowest BCUT2D eigenvalue weighted by molar-refractivity contribution is 0.168. The minimum absolute atomic E-state index is 0.0129. The minimum Gasteiger partial charge on any atom is -0.465 e. The smallest absolute Gasteiger partial charge is 0.404 e. The third-order valence-electron chi connectivity index (χ3n) is 3.31. The molecule has 18 heavy (non-hydrogen) atoms. The number of carbonyl (C=O) groups is 1. The summed E-state index contributed by atoms with van der Waals surface area (Å²) in [6.45, 7) is 12.2. The van der Waals surface area contributed by atoms with Gasteiger partial charge in [0.15, 0.2) is 8.32 Å². The number of hydrogen-bond acceptors (Lipinski definition) is 3. The van der Waals surface area contributed by atoms with Crippen molar-refractivity contribution < 1.29 is 14.3 Å². The van der Waals surface area contributed by atoms with E-state index >= 15 is 0 Å². The average molecular weight is 292 g/mol. The first kappa shape index (κ1) is 17.3. The summed E-state index contributed by atoms with van der Waals surface area (Å²) in [5, 5.41) is 11.1. The van der Waals surface area contributed by atoms with Crippen molar-refractivity contribution in [3.63, 3.8) is 0 Å². The number of hydrogen-bond donors (Lipinski definition) is 3. The van der Waals surface area contributed by atoms with Crippen LogP contribution in [0.3, 0.4) is 0 Å². The van der Waals surface area contributed by atoms with Gasteiger partial charge in [0.25, 0.3) is 0 Å². The molecule has 0 fully saturated rings. The summed E-state index contributed by atoms with van der Waals surface area (Å²) >= 11 is 4.98. The van der Waals surface area contributed by atoms with Gasteiger partial charge in [-0.15, -0.1) is 0 Å². The summed E-state index contributed by atoms with van der Waals surface area (Å²) in [6.07, 6.45) is -1.68. The van der Waals surface area contributed by atoms with Gasteiger partial charge in [-0.3, -0.25) is 0 Å². The van der Waals surface area contributed by atoms with Gasteiger partial charge >= 0.3 is 6.09 Å². The van der Waals surface area contributed by atoms with Gasteiger partial charge in [0.2, 0.25) is 0 Å². The second-order valence-electron chi connectivity index (χ2n) is 5.94. The maximum Gasteiger partial charge on any atom is 0.404 e. The van der Waals surface area contributed by atoms with E-state index in [1.165, 1.54) is 0 Å². The maximum absolute atomic E-state index is 10.7. The molecule has 4 N–H and O–H groups in total. The van der Waals surface area contributed by atoms with Crippen LogP contribution in [0.1, 0.15) is 27.7 Å². The number of amides is 1. The van der Waals surface area contributed by atoms with E-state index < -0.39 is 26.6 Å². The Morgan fingerprint density at radius 2 is 1.89 bits per heavy atom. The highest BCUT2D eigenvalue weighted by molar-refractivity contribution is 7.80. The molecule has 0 spiro atoms. The van der Waals surface area contributed by atoms with Gasteiger partial charge in [0.1, 0.15) is 11.1 Å². The van der Waals surface area contributed by atoms with Crippen molar-refractivity contribution >= 4 is 31.6 Å². The van der Waals surface area contributed by atoms with Crippen LogP contribution < -0.4 is 11.1 Å². The van der Waals surface area contributed by atoms with Crippen LogP contribution in [0.2, 0.25) is 18.1 Å². The molecule has 0 aliphatic heterocycles. The fourth-order valence-corrected chi connectivity index (χ4v) is 2.83. The third-order valence-corrected chi connectivity index (χ3v) is 8.00. The number of carboxylic acid groups (broad SMARTS) is 1. The molecule has 0 rings (SSSR count). The van der Waals surface area contributed by atoms with Crippen LogP contribution in [0.4, 0.5) is 4.79 Å². The fourth-order valence-electron chi connectivity index (χ4n) is 1.17. The van der Waals surface area contributed by atoms with E-state index in [1.807, 2.05) is 0 Å². The summed E-state index contributed by atoms with van der Waals surface area (Å²) < 4.78 is 6.07. The average Bonchev–Trinajstić information content (AvgIpc) is 2.10. The molecule has 2 unspecified atom stereocenters. The Hall–Kier alpha value is -0.663. The van der Waals surface area contributed by atoms with E-state index in [-0.39, 0.29) is 10.0 Å². The molecule has 5 nitrogen and oxygen atoms in total. The molecule has 0 aromatic carbocycles. The monoisotopic (exact) mass is 292 g/mol. The first-order valence-corrected chi connectivity index (χ1v) is 9.16. The van der Waals surface area contributed by atoms with Crippen LogP contribution in [0.25, 0.3) is 0 Å². The van der Waals surface area contributed by atoms with Gasteiger partial charge in [-0.1, -0.05) is 33.0 Å². The molecular formula is C11H24N2O3SSi. The molecule has 0 aromatic heterocycles. The molecule has 0 aliphatic carbocycles. The first-order chi connectivity index (χ1) is 7.88. The lowest BCUT2D eigenvalue weighted by atomic mass is 10.2. The Labute approximate surface area is 115 Å². The first-order valence-electron chi connectivity index (χ1n) is 5.85. The Morgan fingerprint density at radius 1 is 1.44 bits per heavy atom. The van der Waals surface area contributed by atoms with Crippen molar-refractivity contribution in [1.29, 1.82) is 0 Å². The van der Waals surface area contributed by atoms with Crippen LogP contribution in [0.5, 0.6) is 0 Å². The highest BCUT2D eigenvalue weighted by Crippen LogP contribution is 2.37. The highest BCUT2D eigenvalue weighted by atomic mass is 32.1. The fraction of sp³-hybridized carbons (Fsp3) is 0.818. The van der Waals surface area contributed by atoms with E-state index in [1.54, 1.807) is 6.92 Å². The summed E-state index contributed by atoms with van der Waals surface area (Å²) in [7, 11) is -2.05. The third kappa shape index (κ3) is 4.91. The molecule has 0 radical (unpaired) electrons. The highest BCUT2D eigenvalue weighted by Gasteiger charge is 2.41. The zero-order chi connectivity index (χ0) is 14.7. The predicted octanol–water partition coefficient (Wildman–Crippen LogP) is 2.32. The lowest BCUT2D eigenvalue weighted by Crippen LogP contribution is -2.54.